The molecule has 3 aromatic heterocycles. The van der Waals surface area contributed by atoms with Gasteiger partial charge in [-0.3, -0.25) is 0 Å². The lowest BCUT2D eigenvalue weighted by Crippen LogP contribution is -2.02. The minimum absolute atomic E-state index is 0.734. The topological polar surface area (TPSA) is 51.5 Å². The van der Waals surface area contributed by atoms with Gasteiger partial charge in [0.1, 0.15) is 11.3 Å². The second-order valence-electron chi connectivity index (χ2n) is 5.78. The number of ether oxygens (including phenoxy) is 1. The van der Waals surface area contributed by atoms with Crippen molar-refractivity contribution in [2.45, 2.75) is 13.5 Å². The Morgan fingerprint density at radius 3 is 2.80 bits per heavy atom. The Kier molecular flexibility index (Phi) is 4.11. The molecule has 0 aliphatic carbocycles. The van der Waals surface area contributed by atoms with Crippen molar-refractivity contribution in [3.63, 3.8) is 0 Å². The van der Waals surface area contributed by atoms with Gasteiger partial charge in [-0.1, -0.05) is 12.1 Å². The van der Waals surface area contributed by atoms with Crippen LogP contribution in [0.2, 0.25) is 0 Å². The van der Waals surface area contributed by atoms with Gasteiger partial charge in [-0.15, -0.1) is 11.3 Å². The molecule has 6 heteroatoms. The van der Waals surface area contributed by atoms with Gasteiger partial charge in [-0.2, -0.15) is 5.10 Å². The molecule has 3 heterocycles. The lowest BCUT2D eigenvalue weighted by atomic mass is 10.1. The van der Waals surface area contributed by atoms with Crippen LogP contribution in [0.25, 0.3) is 16.6 Å². The number of aromatic nitrogens is 3. The molecule has 0 saturated heterocycles. The molecule has 5 nitrogen and oxygen atoms in total. The Morgan fingerprint density at radius 2 is 2.00 bits per heavy atom. The number of hydrogen-bond donors (Lipinski definition) is 1. The molecule has 0 fully saturated rings. The van der Waals surface area contributed by atoms with Gasteiger partial charge < -0.3 is 10.1 Å². The highest BCUT2D eigenvalue weighted by atomic mass is 32.1. The summed E-state index contributed by atoms with van der Waals surface area (Å²) < 4.78 is 7.06. The molecule has 0 spiro atoms. The minimum atomic E-state index is 0.734. The first-order chi connectivity index (χ1) is 12.2. The summed E-state index contributed by atoms with van der Waals surface area (Å²) in [7, 11) is 1.68. The maximum atomic E-state index is 5.21. The lowest BCUT2D eigenvalue weighted by Gasteiger charge is -2.05. The first-order valence-corrected chi connectivity index (χ1v) is 8.87. The van der Waals surface area contributed by atoms with Crippen LogP contribution in [-0.2, 0) is 6.54 Å². The van der Waals surface area contributed by atoms with Crippen LogP contribution < -0.4 is 10.1 Å². The van der Waals surface area contributed by atoms with Crippen molar-refractivity contribution in [3.05, 3.63) is 64.7 Å². The maximum Gasteiger partial charge on any atom is 0.152 e. The van der Waals surface area contributed by atoms with Crippen molar-refractivity contribution in [2.24, 2.45) is 0 Å². The number of fused-ring (bicyclic) bond motifs is 1. The number of nitrogens with one attached hydrogen (secondary N) is 1. The number of anilines is 1. The van der Waals surface area contributed by atoms with Crippen LogP contribution in [0.4, 0.5) is 5.82 Å². The highest BCUT2D eigenvalue weighted by Crippen LogP contribution is 2.28. The van der Waals surface area contributed by atoms with Crippen molar-refractivity contribution in [1.82, 2.24) is 14.6 Å². The number of rotatable bonds is 5. The highest BCUT2D eigenvalue weighted by molar-refractivity contribution is 7.10. The molecule has 0 atom stereocenters. The first kappa shape index (κ1) is 15.7. The van der Waals surface area contributed by atoms with E-state index < -0.39 is 0 Å². The fourth-order valence-corrected chi connectivity index (χ4v) is 3.59. The van der Waals surface area contributed by atoms with E-state index in [0.29, 0.717) is 0 Å². The Hall–Kier alpha value is -2.86. The van der Waals surface area contributed by atoms with E-state index in [1.165, 1.54) is 16.0 Å². The Labute approximate surface area is 149 Å². The van der Waals surface area contributed by atoms with E-state index in [4.69, 9.17) is 4.74 Å². The fraction of sp³-hybridized carbons (Fsp3) is 0.158. The van der Waals surface area contributed by atoms with Gasteiger partial charge in [0.25, 0.3) is 0 Å². The number of thiophene rings is 1. The largest absolute Gasteiger partial charge is 0.497 e. The van der Waals surface area contributed by atoms with Crippen LogP contribution in [0.1, 0.15) is 10.6 Å². The van der Waals surface area contributed by atoms with Crippen molar-refractivity contribution in [1.29, 1.82) is 0 Å². The molecule has 0 bridgehead atoms. The van der Waals surface area contributed by atoms with E-state index in [9.17, 15) is 0 Å². The van der Waals surface area contributed by atoms with Gasteiger partial charge in [-0.25, -0.2) is 9.50 Å². The number of aryl methyl sites for hydroxylation is 1. The summed E-state index contributed by atoms with van der Waals surface area (Å²) in [6, 6.07) is 12.4. The molecular weight excluding hydrogens is 332 g/mol. The number of benzene rings is 1. The summed E-state index contributed by atoms with van der Waals surface area (Å²) in [6.07, 6.45) is 3.62. The summed E-state index contributed by atoms with van der Waals surface area (Å²) >= 11 is 1.74. The molecule has 1 aromatic carbocycles. The summed E-state index contributed by atoms with van der Waals surface area (Å²) in [5, 5.41) is 10.0. The predicted octanol–water partition coefficient (Wildman–Crippen LogP) is 4.39. The van der Waals surface area contributed by atoms with E-state index in [2.05, 4.69) is 39.0 Å². The summed E-state index contributed by atoms with van der Waals surface area (Å²) in [6.45, 7) is 2.72. The highest BCUT2D eigenvalue weighted by Gasteiger charge is 2.07. The van der Waals surface area contributed by atoms with Crippen molar-refractivity contribution >= 4 is 22.7 Å². The average molecular weight is 350 g/mol. The van der Waals surface area contributed by atoms with Crippen LogP contribution in [0.5, 0.6) is 5.75 Å². The molecule has 0 radical (unpaired) electrons. The Bertz CT molecular complexity index is 1000. The normalized spacial score (nSPS) is 11.0. The number of methoxy groups -OCH3 is 1. The van der Waals surface area contributed by atoms with E-state index in [-0.39, 0.29) is 0 Å². The second kappa shape index (κ2) is 6.57. The Morgan fingerprint density at radius 1 is 1.16 bits per heavy atom. The molecule has 4 rings (SSSR count). The monoisotopic (exact) mass is 350 g/mol. The van der Waals surface area contributed by atoms with Gasteiger partial charge in [0.05, 0.1) is 19.3 Å². The van der Waals surface area contributed by atoms with E-state index >= 15 is 0 Å². The summed E-state index contributed by atoms with van der Waals surface area (Å²) in [4.78, 5) is 5.69. The van der Waals surface area contributed by atoms with Crippen molar-refractivity contribution in [2.75, 3.05) is 12.4 Å². The van der Waals surface area contributed by atoms with E-state index in [1.807, 2.05) is 35.8 Å². The fourth-order valence-electron chi connectivity index (χ4n) is 2.76. The zero-order chi connectivity index (χ0) is 17.2. The quantitative estimate of drug-likeness (QED) is 0.580. The third-order valence-electron chi connectivity index (χ3n) is 4.02. The van der Waals surface area contributed by atoms with Gasteiger partial charge >= 0.3 is 0 Å². The third-order valence-corrected chi connectivity index (χ3v) is 4.96. The van der Waals surface area contributed by atoms with Crippen molar-refractivity contribution in [3.8, 4) is 16.9 Å². The number of hydrogen-bond acceptors (Lipinski definition) is 5. The van der Waals surface area contributed by atoms with Crippen LogP contribution in [0, 0.1) is 6.92 Å². The molecule has 0 amide bonds. The van der Waals surface area contributed by atoms with Crippen LogP contribution in [0.15, 0.2) is 54.2 Å². The Balaban J connectivity index is 1.50. The first-order valence-electron chi connectivity index (χ1n) is 7.99. The lowest BCUT2D eigenvalue weighted by molar-refractivity contribution is 0.415. The SMILES string of the molecule is COc1ccc(-c2csc(CNc3nccn4nc(C)cc34)c2)cc1. The number of nitrogens with zero attached hydrogens (tertiary/aromatic N) is 3. The van der Waals surface area contributed by atoms with E-state index in [1.54, 1.807) is 24.6 Å². The third kappa shape index (κ3) is 3.21. The molecule has 0 aliphatic rings. The smallest absolute Gasteiger partial charge is 0.152 e. The molecule has 0 saturated carbocycles. The maximum absolute atomic E-state index is 5.21. The standard InChI is InChI=1S/C19H18N4OS/c1-13-9-18-19(20-7-8-23(18)22-13)21-11-17-10-15(12-25-17)14-3-5-16(24-2)6-4-14/h3-10,12H,11H2,1-2H3,(H,20,21). The summed E-state index contributed by atoms with van der Waals surface area (Å²) in [5.41, 5.74) is 4.38. The van der Waals surface area contributed by atoms with Gasteiger partial charge in [0.2, 0.25) is 0 Å². The molecule has 1 N–H and O–H groups in total. The zero-order valence-corrected chi connectivity index (χ0v) is 14.9. The summed E-state index contributed by atoms with van der Waals surface area (Å²) in [5.74, 6) is 1.72. The van der Waals surface area contributed by atoms with E-state index in [0.717, 1.165) is 29.3 Å². The van der Waals surface area contributed by atoms with Gasteiger partial charge in [0, 0.05) is 17.3 Å². The molecule has 0 aliphatic heterocycles. The molecular formula is C19H18N4OS. The molecule has 126 valence electrons. The average Bonchev–Trinajstić information content (AvgIpc) is 3.26. The molecule has 4 aromatic rings. The molecule has 0 unspecified atom stereocenters. The predicted molar refractivity (Wildman–Crippen MR) is 101 cm³/mol. The van der Waals surface area contributed by atoms with Gasteiger partial charge in [-0.05, 0) is 47.7 Å². The van der Waals surface area contributed by atoms with Gasteiger partial charge in [0.15, 0.2) is 5.82 Å². The van der Waals surface area contributed by atoms with Crippen LogP contribution in [0.3, 0.4) is 0 Å². The van der Waals surface area contributed by atoms with Crippen LogP contribution >= 0.6 is 11.3 Å². The van der Waals surface area contributed by atoms with Crippen molar-refractivity contribution < 1.29 is 4.74 Å². The minimum Gasteiger partial charge on any atom is -0.497 e. The zero-order valence-electron chi connectivity index (χ0n) is 14.1. The second-order valence-corrected chi connectivity index (χ2v) is 6.77. The van der Waals surface area contributed by atoms with Crippen LogP contribution in [-0.4, -0.2) is 21.7 Å². The molecule has 25 heavy (non-hydrogen) atoms.